The van der Waals surface area contributed by atoms with Gasteiger partial charge in [-0.2, -0.15) is 4.98 Å². The molecule has 5 nitrogen and oxygen atoms in total. The highest BCUT2D eigenvalue weighted by atomic mass is 32.2. The Hall–Kier alpha value is -2.15. The predicted molar refractivity (Wildman–Crippen MR) is 109 cm³/mol. The standard InChI is InChI=1S/C21H25FN4OS/c1-4-5-10-28-20-24-19-23-15-11-21(2,3)12-16(27)17(15)18(26(19)25-20)13-6-8-14(22)9-7-13/h6-9,18H,4-5,10-12H2,1-3H3,(H,23,24,25)/t18-/m1/s1. The van der Waals surface area contributed by atoms with E-state index in [1.165, 1.54) is 12.1 Å². The number of halogens is 1. The van der Waals surface area contributed by atoms with E-state index >= 15 is 0 Å². The summed E-state index contributed by atoms with van der Waals surface area (Å²) < 4.78 is 15.3. The molecule has 28 heavy (non-hydrogen) atoms. The van der Waals surface area contributed by atoms with Crippen LogP contribution in [-0.2, 0) is 4.79 Å². The van der Waals surface area contributed by atoms with E-state index < -0.39 is 0 Å². The van der Waals surface area contributed by atoms with Crippen molar-refractivity contribution in [2.45, 2.75) is 57.7 Å². The van der Waals surface area contributed by atoms with Crippen molar-refractivity contribution in [1.82, 2.24) is 14.8 Å². The lowest BCUT2D eigenvalue weighted by Gasteiger charge is -2.38. The maximum Gasteiger partial charge on any atom is 0.227 e. The highest BCUT2D eigenvalue weighted by molar-refractivity contribution is 7.99. The summed E-state index contributed by atoms with van der Waals surface area (Å²) >= 11 is 1.63. The first-order valence-corrected chi connectivity index (χ1v) is 10.7. The van der Waals surface area contributed by atoms with Crippen LogP contribution in [0.4, 0.5) is 10.3 Å². The number of nitrogens with one attached hydrogen (secondary N) is 1. The highest BCUT2D eigenvalue weighted by Crippen LogP contribution is 2.45. The van der Waals surface area contributed by atoms with Crippen molar-refractivity contribution in [2.75, 3.05) is 11.1 Å². The van der Waals surface area contributed by atoms with E-state index in [0.717, 1.165) is 41.8 Å². The van der Waals surface area contributed by atoms with Crippen LogP contribution >= 0.6 is 11.8 Å². The first-order chi connectivity index (χ1) is 13.4. The summed E-state index contributed by atoms with van der Waals surface area (Å²) in [4.78, 5) is 17.7. The fourth-order valence-corrected chi connectivity index (χ4v) is 4.82. The van der Waals surface area contributed by atoms with Gasteiger partial charge in [0.1, 0.15) is 11.9 Å². The largest absolute Gasteiger partial charge is 0.328 e. The zero-order valence-electron chi connectivity index (χ0n) is 16.5. The number of benzene rings is 1. The van der Waals surface area contributed by atoms with E-state index in [0.29, 0.717) is 17.5 Å². The number of hydrogen-bond acceptors (Lipinski definition) is 5. The third-order valence-corrected chi connectivity index (χ3v) is 6.15. The third kappa shape index (κ3) is 3.60. The monoisotopic (exact) mass is 400 g/mol. The molecule has 1 aliphatic carbocycles. The number of carbonyl (C=O) groups is 1. The van der Waals surface area contributed by atoms with Crippen LogP contribution in [0.3, 0.4) is 0 Å². The average Bonchev–Trinajstić information content (AvgIpc) is 3.02. The predicted octanol–water partition coefficient (Wildman–Crippen LogP) is 4.97. The third-order valence-electron chi connectivity index (χ3n) is 5.23. The van der Waals surface area contributed by atoms with Gasteiger partial charge in [0.25, 0.3) is 0 Å². The number of anilines is 1. The molecule has 0 bridgehead atoms. The molecule has 0 fully saturated rings. The number of thioether (sulfide) groups is 1. The zero-order valence-corrected chi connectivity index (χ0v) is 17.3. The van der Waals surface area contributed by atoms with Gasteiger partial charge in [-0.05, 0) is 36.0 Å². The van der Waals surface area contributed by atoms with Crippen LogP contribution < -0.4 is 5.32 Å². The van der Waals surface area contributed by atoms with Crippen molar-refractivity contribution in [3.63, 3.8) is 0 Å². The number of ketones is 1. The molecule has 1 atom stereocenters. The second-order valence-corrected chi connectivity index (χ2v) is 9.34. The lowest BCUT2D eigenvalue weighted by Crippen LogP contribution is -2.36. The number of allylic oxidation sites excluding steroid dienone is 2. The Labute approximate surface area is 168 Å². The highest BCUT2D eigenvalue weighted by Gasteiger charge is 2.41. The molecule has 0 spiro atoms. The van der Waals surface area contributed by atoms with Gasteiger partial charge in [0.15, 0.2) is 5.78 Å². The Balaban J connectivity index is 1.78. The molecular formula is C21H25FN4OS. The van der Waals surface area contributed by atoms with Gasteiger partial charge in [0.05, 0.1) is 0 Å². The summed E-state index contributed by atoms with van der Waals surface area (Å²) in [6, 6.07) is 5.96. The van der Waals surface area contributed by atoms with Crippen LogP contribution in [-0.4, -0.2) is 26.3 Å². The summed E-state index contributed by atoms with van der Waals surface area (Å²) in [6.07, 6.45) is 3.49. The molecule has 1 aliphatic heterocycles. The summed E-state index contributed by atoms with van der Waals surface area (Å²) in [6.45, 7) is 6.37. The summed E-state index contributed by atoms with van der Waals surface area (Å²) in [5.74, 6) is 1.44. The number of carbonyl (C=O) groups excluding carboxylic acids is 1. The second-order valence-electron chi connectivity index (χ2n) is 8.28. The second kappa shape index (κ2) is 7.35. The number of aromatic nitrogens is 3. The fourth-order valence-electron chi connectivity index (χ4n) is 3.91. The van der Waals surface area contributed by atoms with E-state index in [1.807, 2.05) is 0 Å². The maximum absolute atomic E-state index is 13.5. The van der Waals surface area contributed by atoms with E-state index in [1.54, 1.807) is 28.6 Å². The Morgan fingerprint density at radius 2 is 2.04 bits per heavy atom. The van der Waals surface area contributed by atoms with Gasteiger partial charge in [-0.15, -0.1) is 5.10 Å². The van der Waals surface area contributed by atoms with E-state index in [4.69, 9.17) is 5.10 Å². The minimum Gasteiger partial charge on any atom is -0.328 e. The van der Waals surface area contributed by atoms with Crippen LogP contribution in [0.15, 0.2) is 40.7 Å². The van der Waals surface area contributed by atoms with Crippen LogP contribution in [0, 0.1) is 11.2 Å². The molecule has 0 amide bonds. The average molecular weight is 401 g/mol. The maximum atomic E-state index is 13.5. The number of unbranched alkanes of at least 4 members (excludes halogenated alkanes) is 1. The summed E-state index contributed by atoms with van der Waals surface area (Å²) in [7, 11) is 0. The van der Waals surface area contributed by atoms with Crippen molar-refractivity contribution in [3.8, 4) is 0 Å². The van der Waals surface area contributed by atoms with Gasteiger partial charge in [0.2, 0.25) is 11.1 Å². The molecule has 0 unspecified atom stereocenters. The van der Waals surface area contributed by atoms with Crippen molar-refractivity contribution in [3.05, 3.63) is 46.9 Å². The molecule has 148 valence electrons. The first-order valence-electron chi connectivity index (χ1n) is 9.76. The topological polar surface area (TPSA) is 59.8 Å². The SMILES string of the molecule is CCCCSc1nc2n(n1)[C@H](c1ccc(F)cc1)C1=C(CC(C)(C)CC1=O)N2. The van der Waals surface area contributed by atoms with Gasteiger partial charge >= 0.3 is 0 Å². The normalized spacial score (nSPS) is 20.6. The molecule has 4 rings (SSSR count). The number of Topliss-reactive ketones (excluding diaryl/α,β-unsaturated/α-hetero) is 1. The van der Waals surface area contributed by atoms with Crippen LogP contribution in [0.1, 0.15) is 58.1 Å². The Morgan fingerprint density at radius 3 is 2.75 bits per heavy atom. The van der Waals surface area contributed by atoms with Gasteiger partial charge in [0, 0.05) is 23.4 Å². The quantitative estimate of drug-likeness (QED) is 0.567. The molecule has 2 heterocycles. The number of fused-ring (bicyclic) bond motifs is 1. The van der Waals surface area contributed by atoms with Crippen LogP contribution in [0.2, 0.25) is 0 Å². The Morgan fingerprint density at radius 1 is 1.29 bits per heavy atom. The van der Waals surface area contributed by atoms with Crippen LogP contribution in [0.5, 0.6) is 0 Å². The van der Waals surface area contributed by atoms with Gasteiger partial charge in [-0.1, -0.05) is 51.1 Å². The molecule has 1 aromatic heterocycles. The summed E-state index contributed by atoms with van der Waals surface area (Å²) in [5.41, 5.74) is 2.39. The minimum absolute atomic E-state index is 0.100. The van der Waals surface area contributed by atoms with Crippen molar-refractivity contribution < 1.29 is 9.18 Å². The van der Waals surface area contributed by atoms with E-state index in [-0.39, 0.29) is 23.1 Å². The molecule has 1 aromatic carbocycles. The molecule has 0 saturated heterocycles. The minimum atomic E-state index is -0.372. The van der Waals surface area contributed by atoms with Gasteiger partial charge in [-0.25, -0.2) is 9.07 Å². The first kappa shape index (κ1) is 19.2. The molecule has 0 saturated carbocycles. The molecule has 7 heteroatoms. The van der Waals surface area contributed by atoms with E-state index in [9.17, 15) is 9.18 Å². The molecule has 2 aliphatic rings. The fraction of sp³-hybridized carbons (Fsp3) is 0.476. The van der Waals surface area contributed by atoms with Crippen LogP contribution in [0.25, 0.3) is 0 Å². The van der Waals surface area contributed by atoms with Gasteiger partial charge < -0.3 is 5.32 Å². The van der Waals surface area contributed by atoms with Crippen molar-refractivity contribution >= 4 is 23.5 Å². The lowest BCUT2D eigenvalue weighted by molar-refractivity contribution is -0.118. The van der Waals surface area contributed by atoms with Gasteiger partial charge in [-0.3, -0.25) is 4.79 Å². The lowest BCUT2D eigenvalue weighted by atomic mass is 9.73. The Bertz CT molecular complexity index is 932. The number of rotatable bonds is 5. The number of nitrogens with zero attached hydrogens (tertiary/aromatic N) is 3. The van der Waals surface area contributed by atoms with Crippen molar-refractivity contribution in [1.29, 1.82) is 0 Å². The molecular weight excluding hydrogens is 375 g/mol. The smallest absolute Gasteiger partial charge is 0.227 e. The van der Waals surface area contributed by atoms with E-state index in [2.05, 4.69) is 31.1 Å². The zero-order chi connectivity index (χ0) is 19.9. The molecule has 2 aromatic rings. The Kier molecular flexibility index (Phi) is 5.04. The van der Waals surface area contributed by atoms with Crippen molar-refractivity contribution in [2.24, 2.45) is 5.41 Å². The molecule has 0 radical (unpaired) electrons. The molecule has 1 N–H and O–H groups in total. The summed E-state index contributed by atoms with van der Waals surface area (Å²) in [5, 5.41) is 8.76. The number of hydrogen-bond donors (Lipinski definition) is 1.